The van der Waals surface area contributed by atoms with Crippen LogP contribution in [0.25, 0.3) is 11.3 Å². The van der Waals surface area contributed by atoms with Crippen molar-refractivity contribution >= 4 is 0 Å². The molecule has 3 aromatic rings. The number of hydrogen-bond donors (Lipinski definition) is 0. The van der Waals surface area contributed by atoms with Crippen LogP contribution in [0.1, 0.15) is 42.0 Å². The minimum Gasteiger partial charge on any atom is -0.467 e. The van der Waals surface area contributed by atoms with Crippen LogP contribution in [0.5, 0.6) is 6.01 Å². The van der Waals surface area contributed by atoms with Crippen LogP contribution >= 0.6 is 0 Å². The molecule has 0 radical (unpaired) electrons. The Hall–Kier alpha value is -2.95. The molecule has 0 N–H and O–H groups in total. The Balaban J connectivity index is 1.58. The summed E-state index contributed by atoms with van der Waals surface area (Å²) in [5, 5.41) is 0. The van der Waals surface area contributed by atoms with E-state index in [9.17, 15) is 4.79 Å². The molecule has 4 rings (SSSR count). The highest BCUT2D eigenvalue weighted by Gasteiger charge is 2.20. The second-order valence-corrected chi connectivity index (χ2v) is 7.42. The number of benzene rings is 1. The fourth-order valence-corrected chi connectivity index (χ4v) is 4.06. The summed E-state index contributed by atoms with van der Waals surface area (Å²) in [6.45, 7) is 0. The number of rotatable bonds is 5. The van der Waals surface area contributed by atoms with Crippen molar-refractivity contribution in [3.05, 3.63) is 75.8 Å². The molecule has 0 saturated heterocycles. The molecule has 0 spiro atoms. The van der Waals surface area contributed by atoms with Gasteiger partial charge in [-0.05, 0) is 61.3 Å². The molecule has 0 aliphatic heterocycles. The largest absolute Gasteiger partial charge is 0.467 e. The summed E-state index contributed by atoms with van der Waals surface area (Å²) >= 11 is 0. The molecule has 0 fully saturated rings. The zero-order valence-corrected chi connectivity index (χ0v) is 16.4. The van der Waals surface area contributed by atoms with E-state index in [4.69, 9.17) is 4.74 Å². The summed E-state index contributed by atoms with van der Waals surface area (Å²) in [6, 6.07) is 14.5. The van der Waals surface area contributed by atoms with E-state index in [-0.39, 0.29) is 5.56 Å². The van der Waals surface area contributed by atoms with Gasteiger partial charge < -0.3 is 9.30 Å². The van der Waals surface area contributed by atoms with Gasteiger partial charge in [0, 0.05) is 30.6 Å². The zero-order chi connectivity index (χ0) is 19.5. The van der Waals surface area contributed by atoms with Gasteiger partial charge in [0.05, 0.1) is 12.8 Å². The van der Waals surface area contributed by atoms with Crippen LogP contribution in [0.15, 0.2) is 53.5 Å². The maximum absolute atomic E-state index is 11.7. The number of methoxy groups -OCH3 is 1. The van der Waals surface area contributed by atoms with E-state index in [0.717, 1.165) is 29.8 Å². The van der Waals surface area contributed by atoms with Crippen LogP contribution in [-0.2, 0) is 19.9 Å². The smallest absolute Gasteiger partial charge is 0.316 e. The normalized spacial score (nSPS) is 15.9. The van der Waals surface area contributed by atoms with E-state index < -0.39 is 0 Å². The third-order valence-corrected chi connectivity index (χ3v) is 5.57. The molecule has 2 aromatic heterocycles. The molecule has 0 saturated carbocycles. The lowest BCUT2D eigenvalue weighted by Crippen LogP contribution is -2.14. The van der Waals surface area contributed by atoms with Crippen LogP contribution in [0.2, 0.25) is 0 Å². The fraction of sp³-hybridized carbons (Fsp3) is 0.348. The molecule has 1 aromatic carbocycles. The Labute approximate surface area is 165 Å². The third kappa shape index (κ3) is 3.84. The second-order valence-electron chi connectivity index (χ2n) is 7.42. The number of ether oxygens (including phenoxy) is 1. The van der Waals surface area contributed by atoms with Gasteiger partial charge in [-0.2, -0.15) is 4.98 Å². The van der Waals surface area contributed by atoms with Crippen molar-refractivity contribution in [1.29, 1.82) is 0 Å². The Bertz CT molecular complexity index is 1040. The number of nitrogens with zero attached hydrogens (tertiary/aromatic N) is 3. The van der Waals surface area contributed by atoms with Crippen molar-refractivity contribution in [2.75, 3.05) is 7.11 Å². The van der Waals surface area contributed by atoms with Gasteiger partial charge in [-0.1, -0.05) is 24.3 Å². The third-order valence-electron chi connectivity index (χ3n) is 5.57. The minimum absolute atomic E-state index is 0.0408. The van der Waals surface area contributed by atoms with Crippen molar-refractivity contribution in [1.82, 2.24) is 14.5 Å². The lowest BCUT2D eigenvalue weighted by atomic mass is 9.80. The van der Waals surface area contributed by atoms with Crippen LogP contribution in [0.4, 0.5) is 0 Å². The van der Waals surface area contributed by atoms with E-state index in [1.807, 2.05) is 6.07 Å². The predicted octanol–water partition coefficient (Wildman–Crippen LogP) is 3.90. The van der Waals surface area contributed by atoms with Crippen molar-refractivity contribution in [3.8, 4) is 17.3 Å². The highest BCUT2D eigenvalue weighted by atomic mass is 16.5. The summed E-state index contributed by atoms with van der Waals surface area (Å²) in [7, 11) is 3.33. The average Bonchev–Trinajstić information content (AvgIpc) is 2.74. The van der Waals surface area contributed by atoms with E-state index in [0.29, 0.717) is 11.9 Å². The molecule has 1 aliphatic carbocycles. The standard InChI is InChI=1S/C23H25N3O2/c1-26-15-18(11-13-22(26)27)21-14-19(24-23(25-21)28-2)12-10-17-8-5-7-16-6-3-4-9-20(16)17/h3-4,6,9,11,13-15,17H,5,7-8,10,12H2,1-2H3. The first-order chi connectivity index (χ1) is 13.6. The van der Waals surface area contributed by atoms with E-state index in [1.54, 1.807) is 37.1 Å². The lowest BCUT2D eigenvalue weighted by Gasteiger charge is -2.25. The van der Waals surface area contributed by atoms with Gasteiger partial charge in [0.2, 0.25) is 5.56 Å². The number of fused-ring (bicyclic) bond motifs is 1. The Morgan fingerprint density at radius 3 is 2.86 bits per heavy atom. The molecule has 144 valence electrons. The molecule has 5 nitrogen and oxygen atoms in total. The molecule has 1 atom stereocenters. The van der Waals surface area contributed by atoms with Gasteiger partial charge in [0.1, 0.15) is 0 Å². The minimum atomic E-state index is -0.0408. The summed E-state index contributed by atoms with van der Waals surface area (Å²) < 4.78 is 6.89. The molecule has 1 unspecified atom stereocenters. The predicted molar refractivity (Wildman–Crippen MR) is 110 cm³/mol. The summed E-state index contributed by atoms with van der Waals surface area (Å²) in [5.41, 5.74) is 5.58. The molecule has 5 heteroatoms. The number of aromatic nitrogens is 3. The van der Waals surface area contributed by atoms with Crippen LogP contribution in [0.3, 0.4) is 0 Å². The van der Waals surface area contributed by atoms with Gasteiger partial charge in [-0.3, -0.25) is 4.79 Å². The van der Waals surface area contributed by atoms with Gasteiger partial charge in [-0.25, -0.2) is 4.98 Å². The van der Waals surface area contributed by atoms with Crippen LogP contribution < -0.4 is 10.3 Å². The molecule has 28 heavy (non-hydrogen) atoms. The SMILES string of the molecule is COc1nc(CCC2CCCc3ccccc32)cc(-c2ccc(=O)n(C)c2)n1. The van der Waals surface area contributed by atoms with E-state index in [2.05, 4.69) is 34.2 Å². The first-order valence-electron chi connectivity index (χ1n) is 9.81. The second kappa shape index (κ2) is 7.97. The first-order valence-corrected chi connectivity index (χ1v) is 9.81. The quantitative estimate of drug-likeness (QED) is 0.679. The van der Waals surface area contributed by atoms with Crippen molar-refractivity contribution in [2.45, 2.75) is 38.0 Å². The number of aryl methyl sites for hydroxylation is 3. The molecule has 1 aliphatic rings. The summed E-state index contributed by atoms with van der Waals surface area (Å²) in [4.78, 5) is 20.7. The summed E-state index contributed by atoms with van der Waals surface area (Å²) in [5.74, 6) is 0.576. The topological polar surface area (TPSA) is 57.0 Å². The van der Waals surface area contributed by atoms with Crippen LogP contribution in [0, 0.1) is 0 Å². The average molecular weight is 375 g/mol. The van der Waals surface area contributed by atoms with Crippen molar-refractivity contribution < 1.29 is 4.74 Å². The van der Waals surface area contributed by atoms with Crippen molar-refractivity contribution in [3.63, 3.8) is 0 Å². The Morgan fingerprint density at radius 1 is 1.18 bits per heavy atom. The van der Waals surface area contributed by atoms with Gasteiger partial charge in [0.15, 0.2) is 0 Å². The molecule has 0 bridgehead atoms. The summed E-state index contributed by atoms with van der Waals surface area (Å²) in [6.07, 6.45) is 7.39. The van der Waals surface area contributed by atoms with E-state index in [1.165, 1.54) is 30.4 Å². The maximum atomic E-state index is 11.7. The van der Waals surface area contributed by atoms with Gasteiger partial charge in [0.25, 0.3) is 0 Å². The highest BCUT2D eigenvalue weighted by Crippen LogP contribution is 2.34. The lowest BCUT2D eigenvalue weighted by molar-refractivity contribution is 0.378. The fourth-order valence-electron chi connectivity index (χ4n) is 4.06. The van der Waals surface area contributed by atoms with Gasteiger partial charge >= 0.3 is 6.01 Å². The molecular formula is C23H25N3O2. The zero-order valence-electron chi connectivity index (χ0n) is 16.4. The number of hydrogen-bond acceptors (Lipinski definition) is 4. The maximum Gasteiger partial charge on any atom is 0.316 e. The monoisotopic (exact) mass is 375 g/mol. The van der Waals surface area contributed by atoms with E-state index >= 15 is 0 Å². The first kappa shape index (κ1) is 18.4. The number of pyridine rings is 1. The molecule has 0 amide bonds. The Kier molecular flexibility index (Phi) is 5.24. The Morgan fingerprint density at radius 2 is 2.04 bits per heavy atom. The van der Waals surface area contributed by atoms with Gasteiger partial charge in [-0.15, -0.1) is 0 Å². The molecule has 2 heterocycles. The highest BCUT2D eigenvalue weighted by molar-refractivity contribution is 5.58. The molecular weight excluding hydrogens is 350 g/mol. The van der Waals surface area contributed by atoms with Crippen LogP contribution in [-0.4, -0.2) is 21.6 Å². The van der Waals surface area contributed by atoms with Crippen molar-refractivity contribution in [2.24, 2.45) is 7.05 Å².